The van der Waals surface area contributed by atoms with Gasteiger partial charge in [-0.3, -0.25) is 14.4 Å². The largest absolute Gasteiger partial charge is 0.483 e. The van der Waals surface area contributed by atoms with Crippen molar-refractivity contribution in [2.45, 2.75) is 37.9 Å². The lowest BCUT2D eigenvalue weighted by atomic mass is 10.0. The number of benzene rings is 2. The van der Waals surface area contributed by atoms with Crippen LogP contribution >= 0.6 is 11.9 Å². The van der Waals surface area contributed by atoms with E-state index in [-0.39, 0.29) is 0 Å². The fraction of sp³-hybridized carbons (Fsp3) is 0.464. The van der Waals surface area contributed by atoms with Gasteiger partial charge in [-0.15, -0.1) is 0 Å². The van der Waals surface area contributed by atoms with Crippen LogP contribution in [0.1, 0.15) is 25.4 Å². The predicted octanol–water partition coefficient (Wildman–Crippen LogP) is 4.30. The summed E-state index contributed by atoms with van der Waals surface area (Å²) in [6, 6.07) is 16.1. The first-order valence-electron chi connectivity index (χ1n) is 13.0. The Labute approximate surface area is 218 Å². The Balaban J connectivity index is 1.12. The van der Waals surface area contributed by atoms with E-state index >= 15 is 0 Å². The molecular weight excluding hydrogens is 470 g/mol. The molecule has 4 heterocycles. The molecule has 6 rings (SSSR count). The molecule has 0 amide bonds. The maximum Gasteiger partial charge on any atom is 0.151 e. The number of aromatic nitrogens is 2. The molecule has 0 spiro atoms. The normalized spacial score (nSPS) is 19.2. The molecule has 190 valence electrons. The molecule has 0 radical (unpaired) electrons. The summed E-state index contributed by atoms with van der Waals surface area (Å²) in [5.74, 6) is 1.88. The second-order valence-corrected chi connectivity index (χ2v) is 11.2. The minimum Gasteiger partial charge on any atom is -0.483 e. The summed E-state index contributed by atoms with van der Waals surface area (Å²) in [6.07, 6.45) is 2.17. The van der Waals surface area contributed by atoms with E-state index in [1.165, 1.54) is 16.0 Å². The Morgan fingerprint density at radius 2 is 1.67 bits per heavy atom. The quantitative estimate of drug-likeness (QED) is 0.463. The highest BCUT2D eigenvalue weighted by Crippen LogP contribution is 2.35. The van der Waals surface area contributed by atoms with Gasteiger partial charge in [0.15, 0.2) is 5.82 Å². The zero-order valence-corrected chi connectivity index (χ0v) is 22.0. The van der Waals surface area contributed by atoms with Gasteiger partial charge in [-0.1, -0.05) is 18.2 Å². The zero-order valence-electron chi connectivity index (χ0n) is 21.2. The molecule has 3 aromatic rings. The first-order chi connectivity index (χ1) is 17.6. The van der Waals surface area contributed by atoms with Crippen molar-refractivity contribution in [3.8, 4) is 22.6 Å². The number of morpholine rings is 1. The lowest BCUT2D eigenvalue weighted by Crippen LogP contribution is -2.46. The number of fused-ring (bicyclic) bond motifs is 3. The first kappa shape index (κ1) is 24.0. The highest BCUT2D eigenvalue weighted by Gasteiger charge is 2.22. The van der Waals surface area contributed by atoms with Gasteiger partial charge >= 0.3 is 0 Å². The average molecular weight is 506 g/mol. The molecule has 0 bridgehead atoms. The van der Waals surface area contributed by atoms with Crippen molar-refractivity contribution in [3.63, 3.8) is 0 Å². The molecule has 0 saturated carbocycles. The van der Waals surface area contributed by atoms with Gasteiger partial charge in [-0.05, 0) is 61.2 Å². The molecule has 0 N–H and O–H groups in total. The Morgan fingerprint density at radius 3 is 2.42 bits per heavy atom. The van der Waals surface area contributed by atoms with Crippen LogP contribution in [0, 0.1) is 0 Å². The average Bonchev–Trinajstić information content (AvgIpc) is 3.32. The maximum atomic E-state index is 6.13. The molecule has 0 unspecified atom stereocenters. The van der Waals surface area contributed by atoms with E-state index in [1.807, 2.05) is 11.9 Å². The van der Waals surface area contributed by atoms with E-state index in [2.05, 4.69) is 81.2 Å². The van der Waals surface area contributed by atoms with Crippen LogP contribution in [0.4, 0.5) is 0 Å². The van der Waals surface area contributed by atoms with Crippen molar-refractivity contribution < 1.29 is 9.47 Å². The van der Waals surface area contributed by atoms with Crippen LogP contribution in [-0.2, 0) is 17.9 Å². The van der Waals surface area contributed by atoms with Gasteiger partial charge in [0.05, 0.1) is 24.6 Å². The summed E-state index contributed by atoms with van der Waals surface area (Å²) in [6.45, 7) is 14.0. The smallest absolute Gasteiger partial charge is 0.151 e. The molecule has 8 heteroatoms. The first-order valence-corrected chi connectivity index (χ1v) is 13.8. The summed E-state index contributed by atoms with van der Waals surface area (Å²) >= 11 is 1.87. The second-order valence-electron chi connectivity index (χ2n) is 10.1. The van der Waals surface area contributed by atoms with E-state index in [1.54, 1.807) is 0 Å². The van der Waals surface area contributed by atoms with Crippen LogP contribution in [0.15, 0.2) is 53.6 Å². The number of imidazole rings is 1. The number of rotatable bonds is 6. The minimum absolute atomic E-state index is 0.499. The Morgan fingerprint density at radius 1 is 0.917 bits per heavy atom. The van der Waals surface area contributed by atoms with E-state index < -0.39 is 0 Å². The number of nitrogens with zero attached hydrogens (tertiary/aromatic N) is 5. The minimum atomic E-state index is 0.499. The van der Waals surface area contributed by atoms with Gasteiger partial charge in [-0.2, -0.15) is 0 Å². The van der Waals surface area contributed by atoms with Gasteiger partial charge in [0.2, 0.25) is 0 Å². The Bertz CT molecular complexity index is 1180. The molecule has 2 fully saturated rings. The third kappa shape index (κ3) is 5.19. The van der Waals surface area contributed by atoms with Crippen molar-refractivity contribution >= 4 is 11.9 Å². The fourth-order valence-electron chi connectivity index (χ4n) is 5.17. The van der Waals surface area contributed by atoms with Gasteiger partial charge in [0, 0.05) is 62.9 Å². The molecule has 2 saturated heterocycles. The van der Waals surface area contributed by atoms with Gasteiger partial charge < -0.3 is 9.47 Å². The molecule has 1 aromatic heterocycles. The highest BCUT2D eigenvalue weighted by molar-refractivity contribution is 7.97. The third-order valence-corrected chi connectivity index (χ3v) is 8.43. The Kier molecular flexibility index (Phi) is 7.04. The van der Waals surface area contributed by atoms with Crippen LogP contribution in [0.3, 0.4) is 0 Å². The van der Waals surface area contributed by atoms with Crippen LogP contribution in [0.2, 0.25) is 0 Å². The van der Waals surface area contributed by atoms with Crippen LogP contribution in [0.25, 0.3) is 16.8 Å². The number of hydrogen-bond acceptors (Lipinski definition) is 7. The summed E-state index contributed by atoms with van der Waals surface area (Å²) < 4.78 is 16.3. The highest BCUT2D eigenvalue weighted by atomic mass is 32.2. The number of hydrogen-bond donors (Lipinski definition) is 0. The summed E-state index contributed by atoms with van der Waals surface area (Å²) in [5, 5.41) is 0. The SMILES string of the molecule is CC(C)N1CCN(Sc2ccc(-c3ccc4c(c3)OCc3nc(CN5CCOCC5)cn3-4)cc2)CC1. The molecule has 0 atom stereocenters. The van der Waals surface area contributed by atoms with Crippen LogP contribution < -0.4 is 4.74 Å². The van der Waals surface area contributed by atoms with E-state index in [0.29, 0.717) is 12.6 Å². The van der Waals surface area contributed by atoms with E-state index in [9.17, 15) is 0 Å². The molecular formula is C28H35N5O2S. The maximum absolute atomic E-state index is 6.13. The van der Waals surface area contributed by atoms with Crippen molar-refractivity contribution in [2.24, 2.45) is 0 Å². The van der Waals surface area contributed by atoms with Crippen molar-refractivity contribution in [2.75, 3.05) is 52.5 Å². The number of piperazine rings is 1. The predicted molar refractivity (Wildman–Crippen MR) is 144 cm³/mol. The molecule has 3 aliphatic rings. The topological polar surface area (TPSA) is 46.0 Å². The van der Waals surface area contributed by atoms with Crippen LogP contribution in [0.5, 0.6) is 5.75 Å². The zero-order chi connectivity index (χ0) is 24.5. The summed E-state index contributed by atoms with van der Waals surface area (Å²) in [4.78, 5) is 11.1. The number of ether oxygens (including phenoxy) is 2. The van der Waals surface area contributed by atoms with Gasteiger partial charge in [0.25, 0.3) is 0 Å². The lowest BCUT2D eigenvalue weighted by molar-refractivity contribution is 0.0337. The third-order valence-electron chi connectivity index (χ3n) is 7.32. The summed E-state index contributed by atoms with van der Waals surface area (Å²) in [7, 11) is 0. The van der Waals surface area contributed by atoms with Crippen molar-refractivity contribution in [1.82, 2.24) is 23.7 Å². The molecule has 0 aliphatic carbocycles. The van der Waals surface area contributed by atoms with E-state index in [4.69, 9.17) is 14.5 Å². The van der Waals surface area contributed by atoms with Crippen molar-refractivity contribution in [1.29, 1.82) is 0 Å². The molecule has 7 nitrogen and oxygen atoms in total. The monoisotopic (exact) mass is 505 g/mol. The van der Waals surface area contributed by atoms with Gasteiger partial charge in [0.1, 0.15) is 12.4 Å². The van der Waals surface area contributed by atoms with Crippen molar-refractivity contribution in [3.05, 3.63) is 60.2 Å². The fourth-order valence-corrected chi connectivity index (χ4v) is 6.07. The molecule has 2 aromatic carbocycles. The second kappa shape index (κ2) is 10.6. The van der Waals surface area contributed by atoms with E-state index in [0.717, 1.165) is 82.0 Å². The molecule has 36 heavy (non-hydrogen) atoms. The van der Waals surface area contributed by atoms with Crippen LogP contribution in [-0.4, -0.2) is 82.2 Å². The van der Waals surface area contributed by atoms with Gasteiger partial charge in [-0.25, -0.2) is 9.29 Å². The molecule has 3 aliphatic heterocycles. The lowest BCUT2D eigenvalue weighted by Gasteiger charge is -2.36. The standard InChI is InChI=1S/C28H35N5O2S/c1-21(2)31-9-11-32(12-10-31)36-25-6-3-22(4-7-25)23-5-8-26-27(17-23)35-20-28-29-24(19-33(26)28)18-30-13-15-34-16-14-30/h3-8,17,19,21H,9-16,18,20H2,1-2H3. The Hall–Kier alpha value is -2.36. The summed E-state index contributed by atoms with van der Waals surface area (Å²) in [5.41, 5.74) is 4.53.